The maximum atomic E-state index is 6.43. The summed E-state index contributed by atoms with van der Waals surface area (Å²) in [5.41, 5.74) is 15.6. The fourth-order valence-corrected chi connectivity index (χ4v) is 11.2. The van der Waals surface area contributed by atoms with Crippen LogP contribution in [0.3, 0.4) is 0 Å². The van der Waals surface area contributed by atoms with E-state index in [1.54, 1.807) is 0 Å². The van der Waals surface area contributed by atoms with E-state index in [2.05, 4.69) is 234 Å². The van der Waals surface area contributed by atoms with Crippen molar-refractivity contribution in [3.63, 3.8) is 0 Å². The normalized spacial score (nSPS) is 11.8. The molecule has 11 aromatic carbocycles. The highest BCUT2D eigenvalue weighted by atomic mass is 16.3. The van der Waals surface area contributed by atoms with Crippen molar-refractivity contribution < 1.29 is 4.42 Å². The van der Waals surface area contributed by atoms with Crippen molar-refractivity contribution in [3.05, 3.63) is 249 Å². The maximum absolute atomic E-state index is 6.43. The number of fused-ring (bicyclic) bond motifs is 12. The molecule has 0 aliphatic carbocycles. The summed E-state index contributed by atoms with van der Waals surface area (Å²) < 4.78 is 11.1. The van der Waals surface area contributed by atoms with E-state index in [1.165, 1.54) is 16.5 Å². The van der Waals surface area contributed by atoms with E-state index in [1.807, 2.05) is 24.3 Å². The fourth-order valence-electron chi connectivity index (χ4n) is 11.2. The molecule has 6 nitrogen and oxygen atoms in total. The van der Waals surface area contributed by atoms with Gasteiger partial charge in [0.1, 0.15) is 11.2 Å². The number of aromatic nitrogens is 5. The summed E-state index contributed by atoms with van der Waals surface area (Å²) in [4.78, 5) is 16.1. The molecule has 15 aromatic rings. The van der Waals surface area contributed by atoms with Crippen LogP contribution >= 0.6 is 0 Å². The first kappa shape index (κ1) is 40.9. The summed E-state index contributed by atoms with van der Waals surface area (Å²) >= 11 is 0. The van der Waals surface area contributed by atoms with Crippen LogP contribution in [0.5, 0.6) is 0 Å². The molecule has 0 aliphatic rings. The molecule has 0 saturated carbocycles. The smallest absolute Gasteiger partial charge is 0.238 e. The summed E-state index contributed by atoms with van der Waals surface area (Å²) in [6.45, 7) is 0. The second-order valence-electron chi connectivity index (χ2n) is 18.8. The number of benzene rings is 11. The molecule has 0 bridgehead atoms. The van der Waals surface area contributed by atoms with Gasteiger partial charge < -0.3 is 8.98 Å². The first-order valence-corrected chi connectivity index (χ1v) is 24.7. The minimum absolute atomic E-state index is 0.526. The molecule has 0 spiro atoms. The van der Waals surface area contributed by atoms with Gasteiger partial charge in [-0.1, -0.05) is 188 Å². The first-order chi connectivity index (χ1) is 36.2. The highest BCUT2D eigenvalue weighted by molar-refractivity contribution is 6.33. The topological polar surface area (TPSA) is 61.7 Å². The van der Waals surface area contributed by atoms with Crippen LogP contribution in [0, 0.1) is 0 Å². The summed E-state index contributed by atoms with van der Waals surface area (Å²) in [6, 6.07) is 88.3. The minimum Gasteiger partial charge on any atom is -0.456 e. The lowest BCUT2D eigenvalue weighted by Crippen LogP contribution is -2.06. The van der Waals surface area contributed by atoms with Crippen molar-refractivity contribution >= 4 is 76.3 Å². The van der Waals surface area contributed by atoms with Crippen LogP contribution in [-0.2, 0) is 0 Å². The van der Waals surface area contributed by atoms with Gasteiger partial charge in [0.2, 0.25) is 5.95 Å². The molecule has 0 aliphatic heterocycles. The summed E-state index contributed by atoms with van der Waals surface area (Å²) in [5, 5.41) is 9.05. The van der Waals surface area contributed by atoms with Gasteiger partial charge in [-0.15, -0.1) is 0 Å². The van der Waals surface area contributed by atoms with Gasteiger partial charge in [-0.25, -0.2) is 4.98 Å². The van der Waals surface area contributed by atoms with E-state index in [4.69, 9.17) is 19.4 Å². The molecular weight excluding hydrogens is 891 g/mol. The van der Waals surface area contributed by atoms with Gasteiger partial charge in [0.05, 0.1) is 22.1 Å². The van der Waals surface area contributed by atoms with Gasteiger partial charge in [-0.05, 0) is 105 Å². The third-order valence-electron chi connectivity index (χ3n) is 14.6. The third kappa shape index (κ3) is 6.62. The first-order valence-electron chi connectivity index (χ1n) is 24.7. The summed E-state index contributed by atoms with van der Waals surface area (Å²) in [5.74, 6) is 1.65. The van der Waals surface area contributed by atoms with Crippen molar-refractivity contribution in [2.24, 2.45) is 0 Å². The molecule has 0 N–H and O–H groups in total. The van der Waals surface area contributed by atoms with Crippen LogP contribution in [0.4, 0.5) is 0 Å². The number of hydrogen-bond donors (Lipinski definition) is 0. The molecule has 6 heteroatoms. The van der Waals surface area contributed by atoms with Crippen LogP contribution in [0.15, 0.2) is 253 Å². The van der Waals surface area contributed by atoms with Crippen molar-refractivity contribution in [2.75, 3.05) is 0 Å². The molecule has 0 atom stereocenters. The van der Waals surface area contributed by atoms with Gasteiger partial charge in [-0.2, -0.15) is 9.97 Å². The number of nitrogens with zero attached hydrogens (tertiary/aromatic N) is 5. The van der Waals surface area contributed by atoms with E-state index < -0.39 is 0 Å². The van der Waals surface area contributed by atoms with Gasteiger partial charge in [0.25, 0.3) is 0 Å². The minimum atomic E-state index is 0.526. The highest BCUT2D eigenvalue weighted by Gasteiger charge is 2.25. The van der Waals surface area contributed by atoms with Crippen molar-refractivity contribution in [1.29, 1.82) is 0 Å². The molecule has 0 saturated heterocycles. The Bertz CT molecular complexity index is 4590. The van der Waals surface area contributed by atoms with Crippen LogP contribution in [0.1, 0.15) is 0 Å². The quantitative estimate of drug-likeness (QED) is 0.160. The predicted octanol–water partition coefficient (Wildman–Crippen LogP) is 17.5. The lowest BCUT2D eigenvalue weighted by Gasteiger charge is -2.14. The second-order valence-corrected chi connectivity index (χ2v) is 18.8. The molecule has 0 radical (unpaired) electrons. The summed E-state index contributed by atoms with van der Waals surface area (Å²) in [6.07, 6.45) is 0. The fraction of sp³-hybridized carbons (Fsp3) is 0. The third-order valence-corrected chi connectivity index (χ3v) is 14.6. The Labute approximate surface area is 419 Å². The predicted molar refractivity (Wildman–Crippen MR) is 300 cm³/mol. The SMILES string of the molecule is c1ccc(-c2ccc(-c3nc(-c4ccc5c(c4)oc4ccccc45)nc(-n4c5ccc6ccccc6c5c5c6c7ccccc7n(-c7cc(-c8ccccc8)cc(-c8ccccc8)c7)c6ccc54)n3)cc2)cc1. The summed E-state index contributed by atoms with van der Waals surface area (Å²) in [7, 11) is 0. The average molecular weight is 932 g/mol. The maximum Gasteiger partial charge on any atom is 0.238 e. The molecule has 0 amide bonds. The zero-order chi connectivity index (χ0) is 48.0. The van der Waals surface area contributed by atoms with Gasteiger partial charge in [0.15, 0.2) is 11.6 Å². The highest BCUT2D eigenvalue weighted by Crippen LogP contribution is 2.45. The Morgan fingerprint density at radius 2 is 0.767 bits per heavy atom. The largest absolute Gasteiger partial charge is 0.456 e. The van der Waals surface area contributed by atoms with E-state index in [9.17, 15) is 0 Å². The lowest BCUT2D eigenvalue weighted by molar-refractivity contribution is 0.669. The zero-order valence-electron chi connectivity index (χ0n) is 39.3. The van der Waals surface area contributed by atoms with Crippen molar-refractivity contribution in [3.8, 4) is 67.8 Å². The molecule has 0 fully saturated rings. The second kappa shape index (κ2) is 16.3. The van der Waals surface area contributed by atoms with Crippen LogP contribution in [0.25, 0.3) is 144 Å². The molecule has 4 aromatic heterocycles. The van der Waals surface area contributed by atoms with E-state index >= 15 is 0 Å². The van der Waals surface area contributed by atoms with Gasteiger partial charge in [0, 0.05) is 49.1 Å². The van der Waals surface area contributed by atoms with Crippen molar-refractivity contribution in [2.45, 2.75) is 0 Å². The average Bonchev–Trinajstić information content (AvgIpc) is 4.14. The Hall–Kier alpha value is -9.91. The van der Waals surface area contributed by atoms with Crippen molar-refractivity contribution in [1.82, 2.24) is 24.1 Å². The number of para-hydroxylation sites is 2. The number of furan rings is 1. The Morgan fingerprint density at radius 3 is 1.48 bits per heavy atom. The number of hydrogen-bond acceptors (Lipinski definition) is 4. The van der Waals surface area contributed by atoms with E-state index in [0.717, 1.165) is 110 Å². The van der Waals surface area contributed by atoms with E-state index in [0.29, 0.717) is 17.6 Å². The Kier molecular flexibility index (Phi) is 9.16. The molecule has 4 heterocycles. The monoisotopic (exact) mass is 931 g/mol. The molecule has 340 valence electrons. The number of rotatable bonds is 7. The molecule has 15 rings (SSSR count). The molecule has 73 heavy (non-hydrogen) atoms. The molecular formula is C67H41N5O. The Morgan fingerprint density at radius 1 is 0.274 bits per heavy atom. The Balaban J connectivity index is 1.01. The lowest BCUT2D eigenvalue weighted by atomic mass is 9.98. The van der Waals surface area contributed by atoms with Gasteiger partial charge in [-0.3, -0.25) is 4.57 Å². The van der Waals surface area contributed by atoms with E-state index in [-0.39, 0.29) is 0 Å². The van der Waals surface area contributed by atoms with Crippen LogP contribution in [0.2, 0.25) is 0 Å². The van der Waals surface area contributed by atoms with Crippen LogP contribution in [-0.4, -0.2) is 24.1 Å². The molecule has 0 unspecified atom stereocenters. The van der Waals surface area contributed by atoms with Gasteiger partial charge >= 0.3 is 0 Å². The standard InChI is InChI=1S/C67H41N5O/c1-4-16-42(17-5-1)45-28-30-47(31-29-45)65-68-66(48-32-34-54-53-24-13-15-27-60(53)73-61(54)41-48)70-67(69-65)72-58-35-33-46-22-10-11-23-52(46)62(58)64-59(72)37-36-57-63(64)55-25-12-14-26-56(55)71(57)51-39-49(43-18-6-2-7-19-43)38-50(40-51)44-20-8-3-9-21-44/h1-41H. The zero-order valence-corrected chi connectivity index (χ0v) is 39.3. The van der Waals surface area contributed by atoms with Crippen LogP contribution < -0.4 is 0 Å².